The molecule has 1 unspecified atom stereocenters. The zero-order valence-electron chi connectivity index (χ0n) is 6.65. The van der Waals surface area contributed by atoms with E-state index in [1.54, 1.807) is 0 Å². The Kier molecular flexibility index (Phi) is 2.59. The number of nitrogens with two attached hydrogens (primary N) is 1. The molecule has 3 N–H and O–H groups in total. The topological polar surface area (TPSA) is 83.6 Å². The summed E-state index contributed by atoms with van der Waals surface area (Å²) in [6.45, 7) is -1.59. The normalized spacial score (nSPS) is 29.4. The van der Waals surface area contributed by atoms with E-state index in [0.29, 0.717) is 4.31 Å². The fraction of sp³-hybridized carbons (Fsp3) is 1.00. The van der Waals surface area contributed by atoms with E-state index in [1.165, 1.54) is 0 Å². The number of alkyl halides is 2. The molecule has 0 amide bonds. The van der Waals surface area contributed by atoms with Crippen molar-refractivity contribution in [1.82, 2.24) is 4.31 Å². The highest BCUT2D eigenvalue weighted by molar-refractivity contribution is 7.86. The molecule has 1 aliphatic rings. The van der Waals surface area contributed by atoms with Gasteiger partial charge in [-0.15, -0.1) is 0 Å². The summed E-state index contributed by atoms with van der Waals surface area (Å²) in [5, 5.41) is 13.3. The molecule has 78 valence electrons. The van der Waals surface area contributed by atoms with Gasteiger partial charge in [0.1, 0.15) is 0 Å². The van der Waals surface area contributed by atoms with E-state index in [-0.39, 0.29) is 0 Å². The number of rotatable bonds is 2. The third-order valence-electron chi connectivity index (χ3n) is 1.87. The van der Waals surface area contributed by atoms with Crippen LogP contribution < -0.4 is 5.14 Å². The molecule has 1 aliphatic heterocycles. The van der Waals surface area contributed by atoms with Crippen molar-refractivity contribution in [2.24, 2.45) is 5.14 Å². The average Bonchev–Trinajstić information content (AvgIpc) is 2.24. The molecule has 1 fully saturated rings. The number of halogens is 2. The summed E-state index contributed by atoms with van der Waals surface area (Å²) in [7, 11) is -4.14. The summed E-state index contributed by atoms with van der Waals surface area (Å²) < 4.78 is 47.3. The van der Waals surface area contributed by atoms with Crippen molar-refractivity contribution in [3.05, 3.63) is 0 Å². The molecule has 1 saturated heterocycles. The van der Waals surface area contributed by atoms with Crippen molar-refractivity contribution in [2.75, 3.05) is 13.2 Å². The Morgan fingerprint density at radius 3 is 2.46 bits per heavy atom. The lowest BCUT2D eigenvalue weighted by Gasteiger charge is -2.17. The molecule has 0 aliphatic carbocycles. The van der Waals surface area contributed by atoms with Gasteiger partial charge in [-0.3, -0.25) is 0 Å². The van der Waals surface area contributed by atoms with Crippen LogP contribution in [0.1, 0.15) is 6.42 Å². The lowest BCUT2D eigenvalue weighted by Crippen LogP contribution is -2.42. The maximum Gasteiger partial charge on any atom is 0.277 e. The standard InChI is InChI=1S/C5H10F2N2O3S/c6-5(7)1-4(2-10)9(3-5)13(8,11)12/h4,10H,1-3H2,(H2,8,11,12). The molecule has 0 saturated carbocycles. The van der Waals surface area contributed by atoms with Gasteiger partial charge in [-0.2, -0.15) is 12.7 Å². The predicted molar refractivity (Wildman–Crippen MR) is 40.3 cm³/mol. The summed E-state index contributed by atoms with van der Waals surface area (Å²) in [6, 6.07) is -1.11. The monoisotopic (exact) mass is 216 g/mol. The Morgan fingerprint density at radius 1 is 1.62 bits per heavy atom. The van der Waals surface area contributed by atoms with Crippen LogP contribution in [-0.2, 0) is 10.2 Å². The summed E-state index contributed by atoms with van der Waals surface area (Å²) in [6.07, 6.45) is -0.681. The van der Waals surface area contributed by atoms with Gasteiger partial charge < -0.3 is 5.11 Å². The lowest BCUT2D eigenvalue weighted by molar-refractivity contribution is 0.0161. The van der Waals surface area contributed by atoms with Crippen molar-refractivity contribution < 1.29 is 22.3 Å². The maximum absolute atomic E-state index is 12.7. The summed E-state index contributed by atoms with van der Waals surface area (Å²) in [5.74, 6) is -3.10. The number of hydrogen-bond donors (Lipinski definition) is 2. The Labute approximate surface area is 74.3 Å². The van der Waals surface area contributed by atoms with E-state index in [1.807, 2.05) is 0 Å². The fourth-order valence-corrected chi connectivity index (χ4v) is 2.25. The summed E-state index contributed by atoms with van der Waals surface area (Å²) >= 11 is 0. The van der Waals surface area contributed by atoms with Crippen LogP contribution in [0, 0.1) is 0 Å². The lowest BCUT2D eigenvalue weighted by atomic mass is 10.2. The molecule has 0 bridgehead atoms. The first-order valence-corrected chi connectivity index (χ1v) is 5.05. The van der Waals surface area contributed by atoms with Gasteiger partial charge in [0, 0.05) is 6.42 Å². The highest BCUT2D eigenvalue weighted by Gasteiger charge is 2.48. The number of aliphatic hydroxyl groups is 1. The van der Waals surface area contributed by atoms with Gasteiger partial charge in [0.05, 0.1) is 19.2 Å². The van der Waals surface area contributed by atoms with E-state index in [4.69, 9.17) is 5.11 Å². The number of aliphatic hydroxyl groups excluding tert-OH is 1. The average molecular weight is 216 g/mol. The van der Waals surface area contributed by atoms with E-state index in [2.05, 4.69) is 5.14 Å². The summed E-state index contributed by atoms with van der Waals surface area (Å²) in [5.41, 5.74) is 0. The van der Waals surface area contributed by atoms with Crippen LogP contribution >= 0.6 is 0 Å². The van der Waals surface area contributed by atoms with Crippen LogP contribution in [0.2, 0.25) is 0 Å². The van der Waals surface area contributed by atoms with E-state index < -0.39 is 41.7 Å². The Bertz CT molecular complexity index is 292. The third-order valence-corrected chi connectivity index (χ3v) is 2.95. The Balaban J connectivity index is 2.88. The van der Waals surface area contributed by atoms with Crippen LogP contribution in [0.5, 0.6) is 0 Å². The molecule has 13 heavy (non-hydrogen) atoms. The maximum atomic E-state index is 12.7. The molecule has 0 radical (unpaired) electrons. The molecule has 8 heteroatoms. The van der Waals surface area contributed by atoms with Crippen molar-refractivity contribution in [3.63, 3.8) is 0 Å². The first-order chi connectivity index (χ1) is 5.76. The molecular weight excluding hydrogens is 206 g/mol. The molecule has 5 nitrogen and oxygen atoms in total. The quantitative estimate of drug-likeness (QED) is 0.614. The predicted octanol–water partition coefficient (Wildman–Crippen LogP) is -1.11. The fourth-order valence-electron chi connectivity index (χ4n) is 1.32. The SMILES string of the molecule is NS(=O)(=O)N1CC(F)(F)CC1CO. The second-order valence-corrected chi connectivity index (χ2v) is 4.49. The van der Waals surface area contributed by atoms with Gasteiger partial charge in [0.25, 0.3) is 16.1 Å². The number of hydrogen-bond acceptors (Lipinski definition) is 3. The largest absolute Gasteiger partial charge is 0.395 e. The van der Waals surface area contributed by atoms with Crippen molar-refractivity contribution in [1.29, 1.82) is 0 Å². The third kappa shape index (κ3) is 2.33. The van der Waals surface area contributed by atoms with Crippen molar-refractivity contribution in [3.8, 4) is 0 Å². The van der Waals surface area contributed by atoms with Crippen molar-refractivity contribution >= 4 is 10.2 Å². The Hall–Kier alpha value is -0.310. The second-order valence-electron chi connectivity index (χ2n) is 2.99. The van der Waals surface area contributed by atoms with Gasteiger partial charge in [-0.1, -0.05) is 0 Å². The van der Waals surface area contributed by atoms with Crippen LogP contribution in [0.3, 0.4) is 0 Å². The zero-order valence-corrected chi connectivity index (χ0v) is 7.47. The molecule has 1 heterocycles. The Morgan fingerprint density at radius 2 is 2.15 bits per heavy atom. The second kappa shape index (κ2) is 3.12. The molecule has 1 rings (SSSR count). The van der Waals surface area contributed by atoms with Gasteiger partial charge in [-0.05, 0) is 0 Å². The van der Waals surface area contributed by atoms with E-state index >= 15 is 0 Å². The number of nitrogens with zero attached hydrogens (tertiary/aromatic N) is 1. The van der Waals surface area contributed by atoms with Crippen LogP contribution in [0.15, 0.2) is 0 Å². The van der Waals surface area contributed by atoms with Crippen molar-refractivity contribution in [2.45, 2.75) is 18.4 Å². The van der Waals surface area contributed by atoms with Gasteiger partial charge in [0.2, 0.25) is 0 Å². The first kappa shape index (κ1) is 10.8. The van der Waals surface area contributed by atoms with Gasteiger partial charge >= 0.3 is 0 Å². The van der Waals surface area contributed by atoms with Gasteiger partial charge in [-0.25, -0.2) is 13.9 Å². The first-order valence-electron chi connectivity index (χ1n) is 3.54. The van der Waals surface area contributed by atoms with E-state index in [0.717, 1.165) is 0 Å². The van der Waals surface area contributed by atoms with Gasteiger partial charge in [0.15, 0.2) is 0 Å². The van der Waals surface area contributed by atoms with E-state index in [9.17, 15) is 17.2 Å². The molecular formula is C5H10F2N2O3S. The summed E-state index contributed by atoms with van der Waals surface area (Å²) in [4.78, 5) is 0. The molecule has 0 spiro atoms. The molecule has 0 aromatic carbocycles. The van der Waals surface area contributed by atoms with Crippen LogP contribution in [0.4, 0.5) is 8.78 Å². The smallest absolute Gasteiger partial charge is 0.277 e. The highest BCUT2D eigenvalue weighted by Crippen LogP contribution is 2.32. The highest BCUT2D eigenvalue weighted by atomic mass is 32.2. The molecule has 0 aromatic rings. The molecule has 0 aromatic heterocycles. The zero-order chi connectivity index (χ0) is 10.3. The minimum Gasteiger partial charge on any atom is -0.395 e. The van der Waals surface area contributed by atoms with Crippen LogP contribution in [0.25, 0.3) is 0 Å². The molecule has 1 atom stereocenters. The minimum absolute atomic E-state index is 0.424. The minimum atomic E-state index is -4.14. The van der Waals surface area contributed by atoms with Crippen LogP contribution in [-0.4, -0.2) is 42.9 Å².